The first-order valence-electron chi connectivity index (χ1n) is 9.57. The van der Waals surface area contributed by atoms with E-state index in [1.807, 2.05) is 43.3 Å². The van der Waals surface area contributed by atoms with Gasteiger partial charge in [-0.3, -0.25) is 0 Å². The van der Waals surface area contributed by atoms with Crippen molar-refractivity contribution >= 4 is 21.5 Å². The Hall–Kier alpha value is -2.38. The van der Waals surface area contributed by atoms with Crippen LogP contribution < -0.4 is 4.74 Å². The molecule has 2 aliphatic rings. The summed E-state index contributed by atoms with van der Waals surface area (Å²) in [5.41, 5.74) is 2.85. The van der Waals surface area contributed by atoms with E-state index in [0.717, 1.165) is 34.1 Å². The Morgan fingerprint density at radius 3 is 2.43 bits per heavy atom. The Balaban J connectivity index is 1.69. The van der Waals surface area contributed by atoms with E-state index < -0.39 is 15.3 Å². The number of aryl methyl sites for hydroxylation is 1. The second-order valence-electron chi connectivity index (χ2n) is 7.48. The highest BCUT2D eigenvalue weighted by Gasteiger charge is 2.32. The van der Waals surface area contributed by atoms with Crippen molar-refractivity contribution in [2.45, 2.75) is 26.0 Å². The number of hydrogen-bond donors (Lipinski definition) is 0. The van der Waals surface area contributed by atoms with E-state index in [9.17, 15) is 8.42 Å². The van der Waals surface area contributed by atoms with Crippen molar-refractivity contribution in [3.05, 3.63) is 53.6 Å². The van der Waals surface area contributed by atoms with E-state index >= 15 is 0 Å². The van der Waals surface area contributed by atoms with E-state index in [2.05, 4.69) is 11.0 Å². The minimum Gasteiger partial charge on any atom is -0.454 e. The minimum atomic E-state index is -3.24. The number of nitrogens with zero attached hydrogens (tertiary/aromatic N) is 3. The normalized spacial score (nSPS) is 17.4. The van der Waals surface area contributed by atoms with Crippen molar-refractivity contribution in [3.63, 3.8) is 0 Å². The van der Waals surface area contributed by atoms with Gasteiger partial charge in [0.1, 0.15) is 17.3 Å². The van der Waals surface area contributed by atoms with Crippen LogP contribution in [0.5, 0.6) is 11.5 Å². The zero-order chi connectivity index (χ0) is 19.9. The molecule has 2 aromatic carbocycles. The van der Waals surface area contributed by atoms with Crippen LogP contribution in [0.15, 0.2) is 47.5 Å². The molecular weight excluding hydrogens is 374 g/mol. The zero-order valence-electron chi connectivity index (χ0n) is 16.4. The third-order valence-electron chi connectivity index (χ3n) is 5.18. The summed E-state index contributed by atoms with van der Waals surface area (Å²) in [6.45, 7) is 7.62. The Morgan fingerprint density at radius 1 is 1.00 bits per heavy atom. The van der Waals surface area contributed by atoms with Crippen molar-refractivity contribution in [2.24, 2.45) is 4.99 Å². The van der Waals surface area contributed by atoms with Gasteiger partial charge in [0.15, 0.2) is 5.75 Å². The lowest BCUT2D eigenvalue weighted by Gasteiger charge is -2.36. The lowest BCUT2D eigenvalue weighted by atomic mass is 10.1. The van der Waals surface area contributed by atoms with Gasteiger partial charge in [0.2, 0.25) is 10.0 Å². The predicted molar refractivity (Wildman–Crippen MR) is 111 cm³/mol. The SMILES string of the molecule is Cc1ccc2c(c1)C(N1CCN(S(=O)(=O)C(C)C)CC1)=Nc1ccccc1O2. The number of hydrogen-bond acceptors (Lipinski definition) is 5. The largest absolute Gasteiger partial charge is 0.454 e. The number of rotatable bonds is 2. The maximum Gasteiger partial charge on any atom is 0.216 e. The summed E-state index contributed by atoms with van der Waals surface area (Å²) in [4.78, 5) is 7.08. The molecule has 0 atom stereocenters. The molecule has 0 spiro atoms. The molecular formula is C21H25N3O3S. The second-order valence-corrected chi connectivity index (χ2v) is 9.97. The molecule has 6 nitrogen and oxygen atoms in total. The Kier molecular flexibility index (Phi) is 4.89. The zero-order valence-corrected chi connectivity index (χ0v) is 17.2. The molecule has 0 unspecified atom stereocenters. The van der Waals surface area contributed by atoms with E-state index in [4.69, 9.17) is 9.73 Å². The molecule has 0 radical (unpaired) electrons. The van der Waals surface area contributed by atoms with E-state index in [-0.39, 0.29) is 0 Å². The molecule has 0 aromatic heterocycles. The van der Waals surface area contributed by atoms with Crippen molar-refractivity contribution in [2.75, 3.05) is 26.2 Å². The molecule has 2 aliphatic heterocycles. The van der Waals surface area contributed by atoms with E-state index in [1.54, 1.807) is 18.2 Å². The van der Waals surface area contributed by atoms with Gasteiger partial charge >= 0.3 is 0 Å². The molecule has 1 fully saturated rings. The molecule has 0 amide bonds. The molecule has 0 aliphatic carbocycles. The van der Waals surface area contributed by atoms with Gasteiger partial charge in [0, 0.05) is 26.2 Å². The minimum absolute atomic E-state index is 0.405. The molecule has 28 heavy (non-hydrogen) atoms. The predicted octanol–water partition coefficient (Wildman–Crippen LogP) is 3.53. The van der Waals surface area contributed by atoms with Crippen molar-refractivity contribution in [1.29, 1.82) is 0 Å². The maximum atomic E-state index is 12.5. The van der Waals surface area contributed by atoms with E-state index in [1.165, 1.54) is 0 Å². The van der Waals surface area contributed by atoms with Crippen LogP contribution in [-0.2, 0) is 10.0 Å². The van der Waals surface area contributed by atoms with Crippen LogP contribution in [0.1, 0.15) is 25.0 Å². The van der Waals surface area contributed by atoms with Gasteiger partial charge in [0.25, 0.3) is 0 Å². The molecule has 2 aromatic rings. The first-order valence-corrected chi connectivity index (χ1v) is 11.1. The van der Waals surface area contributed by atoms with Crippen LogP contribution in [-0.4, -0.2) is 54.9 Å². The van der Waals surface area contributed by atoms with Gasteiger partial charge in [0.05, 0.1) is 10.8 Å². The summed E-state index contributed by atoms with van der Waals surface area (Å²) in [7, 11) is -3.24. The molecule has 148 valence electrons. The number of ether oxygens (including phenoxy) is 1. The highest BCUT2D eigenvalue weighted by atomic mass is 32.2. The van der Waals surface area contributed by atoms with Crippen LogP contribution in [0, 0.1) is 6.92 Å². The molecule has 7 heteroatoms. The molecule has 4 rings (SSSR count). The second kappa shape index (κ2) is 7.22. The molecule has 2 heterocycles. The third-order valence-corrected chi connectivity index (χ3v) is 7.46. The van der Waals surface area contributed by atoms with Gasteiger partial charge in [-0.1, -0.05) is 23.8 Å². The van der Waals surface area contributed by atoms with Gasteiger partial charge in [-0.2, -0.15) is 4.31 Å². The van der Waals surface area contributed by atoms with Crippen molar-refractivity contribution in [1.82, 2.24) is 9.21 Å². The lowest BCUT2D eigenvalue weighted by Crippen LogP contribution is -2.52. The average Bonchev–Trinajstić information content (AvgIpc) is 2.84. The number of benzene rings is 2. The molecule has 1 saturated heterocycles. The Bertz CT molecular complexity index is 1020. The van der Waals surface area contributed by atoms with E-state index in [0.29, 0.717) is 26.2 Å². The Morgan fingerprint density at radius 2 is 1.71 bits per heavy atom. The number of piperazine rings is 1. The number of fused-ring (bicyclic) bond motifs is 2. The van der Waals surface area contributed by atoms with Crippen LogP contribution in [0.25, 0.3) is 0 Å². The number of aliphatic imine (C=N–C) groups is 1. The van der Waals surface area contributed by atoms with Crippen molar-refractivity contribution < 1.29 is 13.2 Å². The van der Waals surface area contributed by atoms with Gasteiger partial charge in [-0.15, -0.1) is 0 Å². The van der Waals surface area contributed by atoms with Gasteiger partial charge in [-0.05, 0) is 45.0 Å². The molecule has 0 saturated carbocycles. The topological polar surface area (TPSA) is 62.2 Å². The standard InChI is InChI=1S/C21H25N3O3S/c1-15(2)28(25,26)24-12-10-23(11-13-24)21-17-14-16(3)8-9-19(17)27-20-7-5-4-6-18(20)22-21/h4-9,14-15H,10-13H2,1-3H3. The summed E-state index contributed by atoms with van der Waals surface area (Å²) in [6.07, 6.45) is 0. The fourth-order valence-corrected chi connectivity index (χ4v) is 4.80. The highest BCUT2D eigenvalue weighted by Crippen LogP contribution is 2.38. The third kappa shape index (κ3) is 3.40. The average molecular weight is 400 g/mol. The summed E-state index contributed by atoms with van der Waals surface area (Å²) in [6, 6.07) is 13.8. The fraction of sp³-hybridized carbons (Fsp3) is 0.381. The number of amidine groups is 1. The van der Waals surface area contributed by atoms with Crippen LogP contribution in [0.4, 0.5) is 5.69 Å². The number of sulfonamides is 1. The summed E-state index contributed by atoms with van der Waals surface area (Å²) < 4.78 is 32.7. The Labute approximate surface area is 166 Å². The van der Waals surface area contributed by atoms with Gasteiger partial charge < -0.3 is 9.64 Å². The van der Waals surface area contributed by atoms with Crippen LogP contribution in [0.3, 0.4) is 0 Å². The summed E-state index contributed by atoms with van der Waals surface area (Å²) >= 11 is 0. The highest BCUT2D eigenvalue weighted by molar-refractivity contribution is 7.89. The van der Waals surface area contributed by atoms with Gasteiger partial charge in [-0.25, -0.2) is 13.4 Å². The summed E-state index contributed by atoms with van der Waals surface area (Å²) in [5, 5.41) is -0.405. The first-order chi connectivity index (χ1) is 13.4. The van der Waals surface area contributed by atoms with Crippen molar-refractivity contribution in [3.8, 4) is 11.5 Å². The quantitative estimate of drug-likeness (QED) is 0.775. The van der Waals surface area contributed by atoms with Crippen LogP contribution >= 0.6 is 0 Å². The molecule has 0 bridgehead atoms. The first kappa shape index (κ1) is 19.0. The van der Waals surface area contributed by atoms with Crippen LogP contribution in [0.2, 0.25) is 0 Å². The lowest BCUT2D eigenvalue weighted by molar-refractivity contribution is 0.265. The maximum absolute atomic E-state index is 12.5. The number of para-hydroxylation sites is 2. The monoisotopic (exact) mass is 399 g/mol. The fourth-order valence-electron chi connectivity index (χ4n) is 3.53. The molecule has 0 N–H and O–H groups in total. The summed E-state index contributed by atoms with van der Waals surface area (Å²) in [5.74, 6) is 2.33. The smallest absolute Gasteiger partial charge is 0.216 e.